The summed E-state index contributed by atoms with van der Waals surface area (Å²) in [6.07, 6.45) is 3.39. The zero-order chi connectivity index (χ0) is 11.8. The Balaban J connectivity index is 2.22. The molecule has 0 aliphatic heterocycles. The molecule has 86 valence electrons. The molecular formula is C14H17BrO. The second kappa shape index (κ2) is 4.33. The molecule has 0 aromatic heterocycles. The molecule has 16 heavy (non-hydrogen) atoms. The van der Waals surface area contributed by atoms with Crippen molar-refractivity contribution in [1.29, 1.82) is 0 Å². The van der Waals surface area contributed by atoms with Crippen molar-refractivity contribution in [3.05, 3.63) is 34.3 Å². The van der Waals surface area contributed by atoms with Gasteiger partial charge in [-0.15, -0.1) is 0 Å². The van der Waals surface area contributed by atoms with Gasteiger partial charge < -0.3 is 0 Å². The Morgan fingerprint density at radius 2 is 1.94 bits per heavy atom. The first-order valence-corrected chi connectivity index (χ1v) is 6.60. The van der Waals surface area contributed by atoms with Crippen LogP contribution in [0.4, 0.5) is 0 Å². The van der Waals surface area contributed by atoms with E-state index in [1.54, 1.807) is 0 Å². The average molecular weight is 281 g/mol. The minimum absolute atomic E-state index is 0.171. The molecule has 0 radical (unpaired) electrons. The van der Waals surface area contributed by atoms with Gasteiger partial charge >= 0.3 is 0 Å². The molecule has 0 bridgehead atoms. The summed E-state index contributed by atoms with van der Waals surface area (Å²) in [4.78, 5) is 12.4. The number of benzene rings is 1. The van der Waals surface area contributed by atoms with Crippen LogP contribution < -0.4 is 0 Å². The van der Waals surface area contributed by atoms with Gasteiger partial charge in [-0.05, 0) is 30.4 Å². The quantitative estimate of drug-likeness (QED) is 0.731. The lowest BCUT2D eigenvalue weighted by atomic mass is 9.78. The maximum Gasteiger partial charge on any atom is 0.166 e. The Morgan fingerprint density at radius 1 is 1.31 bits per heavy atom. The molecule has 1 saturated carbocycles. The van der Waals surface area contributed by atoms with Crippen molar-refractivity contribution in [2.24, 2.45) is 11.3 Å². The average Bonchev–Trinajstić information content (AvgIpc) is 2.58. The highest BCUT2D eigenvalue weighted by atomic mass is 79.9. The van der Waals surface area contributed by atoms with Gasteiger partial charge in [0.05, 0.1) is 0 Å². The molecule has 1 fully saturated rings. The van der Waals surface area contributed by atoms with Gasteiger partial charge in [0.2, 0.25) is 0 Å². The van der Waals surface area contributed by atoms with Crippen molar-refractivity contribution < 1.29 is 4.79 Å². The van der Waals surface area contributed by atoms with Gasteiger partial charge in [-0.1, -0.05) is 48.3 Å². The Morgan fingerprint density at radius 3 is 2.44 bits per heavy atom. The lowest BCUT2D eigenvalue weighted by Gasteiger charge is -2.25. The number of carbonyl (C=O) groups excluding carboxylic acids is 1. The number of halogens is 1. The van der Waals surface area contributed by atoms with Crippen LogP contribution in [-0.4, -0.2) is 5.78 Å². The standard InChI is InChI=1S/C14H17BrO/c1-14(2)9-3-4-12(14)13(16)10-5-7-11(15)8-6-10/h5-8,12H,3-4,9H2,1-2H3. The van der Waals surface area contributed by atoms with Crippen LogP contribution in [0.1, 0.15) is 43.5 Å². The number of ketones is 1. The number of hydrogen-bond acceptors (Lipinski definition) is 1. The maximum absolute atomic E-state index is 12.4. The molecule has 1 aliphatic carbocycles. The number of hydrogen-bond donors (Lipinski definition) is 0. The minimum Gasteiger partial charge on any atom is -0.294 e. The second-order valence-electron chi connectivity index (χ2n) is 5.30. The summed E-state index contributed by atoms with van der Waals surface area (Å²) < 4.78 is 1.02. The Bertz CT molecular complexity index is 392. The molecule has 1 aromatic rings. The van der Waals surface area contributed by atoms with E-state index in [-0.39, 0.29) is 11.3 Å². The molecule has 0 N–H and O–H groups in total. The lowest BCUT2D eigenvalue weighted by Crippen LogP contribution is -2.25. The molecule has 1 atom stereocenters. The maximum atomic E-state index is 12.4. The van der Waals surface area contributed by atoms with Crippen LogP contribution in [0.2, 0.25) is 0 Å². The van der Waals surface area contributed by atoms with E-state index in [2.05, 4.69) is 29.8 Å². The van der Waals surface area contributed by atoms with Gasteiger partial charge in [0.1, 0.15) is 0 Å². The zero-order valence-electron chi connectivity index (χ0n) is 9.79. The summed E-state index contributed by atoms with van der Waals surface area (Å²) in [5, 5.41) is 0. The fraction of sp³-hybridized carbons (Fsp3) is 0.500. The van der Waals surface area contributed by atoms with Gasteiger partial charge in [0, 0.05) is 16.0 Å². The van der Waals surface area contributed by atoms with E-state index in [0.29, 0.717) is 5.78 Å². The molecule has 1 nitrogen and oxygen atoms in total. The molecule has 0 heterocycles. The van der Waals surface area contributed by atoms with Crippen molar-refractivity contribution >= 4 is 21.7 Å². The third-order valence-electron chi connectivity index (χ3n) is 3.70. The van der Waals surface area contributed by atoms with Gasteiger partial charge in [0.15, 0.2) is 5.78 Å². The molecule has 0 amide bonds. The SMILES string of the molecule is CC1(C)CCCC1C(=O)c1ccc(Br)cc1. The summed E-state index contributed by atoms with van der Waals surface area (Å²) in [5.41, 5.74) is 1.02. The summed E-state index contributed by atoms with van der Waals surface area (Å²) >= 11 is 3.39. The molecule has 0 spiro atoms. The van der Waals surface area contributed by atoms with Crippen molar-refractivity contribution in [1.82, 2.24) is 0 Å². The molecule has 2 rings (SSSR count). The van der Waals surface area contributed by atoms with Crippen LogP contribution in [0.5, 0.6) is 0 Å². The molecule has 0 saturated heterocycles. The highest BCUT2D eigenvalue weighted by molar-refractivity contribution is 9.10. The molecular weight excluding hydrogens is 264 g/mol. The third-order valence-corrected chi connectivity index (χ3v) is 4.23. The van der Waals surface area contributed by atoms with E-state index < -0.39 is 0 Å². The van der Waals surface area contributed by atoms with Crippen LogP contribution in [0.25, 0.3) is 0 Å². The van der Waals surface area contributed by atoms with E-state index >= 15 is 0 Å². The highest BCUT2D eigenvalue weighted by Crippen LogP contribution is 2.44. The van der Waals surface area contributed by atoms with Crippen LogP contribution in [-0.2, 0) is 0 Å². The van der Waals surface area contributed by atoms with E-state index in [4.69, 9.17) is 0 Å². The van der Waals surface area contributed by atoms with Crippen LogP contribution in [0, 0.1) is 11.3 Å². The van der Waals surface area contributed by atoms with E-state index in [0.717, 1.165) is 16.5 Å². The molecule has 2 heteroatoms. The summed E-state index contributed by atoms with van der Waals surface area (Å²) in [6.45, 7) is 4.42. The lowest BCUT2D eigenvalue weighted by molar-refractivity contribution is 0.0839. The normalized spacial score (nSPS) is 23.3. The number of carbonyl (C=O) groups is 1. The first kappa shape index (κ1) is 11.8. The van der Waals surface area contributed by atoms with Crippen LogP contribution >= 0.6 is 15.9 Å². The monoisotopic (exact) mass is 280 g/mol. The van der Waals surface area contributed by atoms with Crippen LogP contribution in [0.15, 0.2) is 28.7 Å². The van der Waals surface area contributed by atoms with Gasteiger partial charge in [0.25, 0.3) is 0 Å². The summed E-state index contributed by atoms with van der Waals surface area (Å²) in [7, 11) is 0. The smallest absolute Gasteiger partial charge is 0.166 e. The third kappa shape index (κ3) is 2.22. The Labute approximate surface area is 105 Å². The fourth-order valence-electron chi connectivity index (χ4n) is 2.63. The highest BCUT2D eigenvalue weighted by Gasteiger charge is 2.39. The Kier molecular flexibility index (Phi) is 3.20. The van der Waals surface area contributed by atoms with Crippen LogP contribution in [0.3, 0.4) is 0 Å². The van der Waals surface area contributed by atoms with Gasteiger partial charge in [-0.25, -0.2) is 0 Å². The number of Topliss-reactive ketones (excluding diaryl/α,β-unsaturated/α-hetero) is 1. The van der Waals surface area contributed by atoms with E-state index in [9.17, 15) is 4.79 Å². The van der Waals surface area contributed by atoms with Gasteiger partial charge in [-0.2, -0.15) is 0 Å². The van der Waals surface area contributed by atoms with E-state index in [1.165, 1.54) is 12.8 Å². The molecule has 1 aromatic carbocycles. The summed E-state index contributed by atoms with van der Waals surface area (Å²) in [6, 6.07) is 7.71. The first-order valence-electron chi connectivity index (χ1n) is 5.80. The van der Waals surface area contributed by atoms with Crippen molar-refractivity contribution in [3.63, 3.8) is 0 Å². The van der Waals surface area contributed by atoms with Crippen molar-refractivity contribution in [2.45, 2.75) is 33.1 Å². The minimum atomic E-state index is 0.171. The summed E-state index contributed by atoms with van der Waals surface area (Å²) in [5.74, 6) is 0.517. The fourth-order valence-corrected chi connectivity index (χ4v) is 2.89. The molecule has 1 aliphatic rings. The zero-order valence-corrected chi connectivity index (χ0v) is 11.4. The predicted octanol–water partition coefficient (Wildman–Crippen LogP) is 4.46. The van der Waals surface area contributed by atoms with Gasteiger partial charge in [-0.3, -0.25) is 4.79 Å². The van der Waals surface area contributed by atoms with E-state index in [1.807, 2.05) is 24.3 Å². The Hall–Kier alpha value is -0.630. The topological polar surface area (TPSA) is 17.1 Å². The second-order valence-corrected chi connectivity index (χ2v) is 6.22. The van der Waals surface area contributed by atoms with Crippen molar-refractivity contribution in [2.75, 3.05) is 0 Å². The first-order chi connectivity index (χ1) is 7.50. The predicted molar refractivity (Wildman–Crippen MR) is 69.6 cm³/mol. The largest absolute Gasteiger partial charge is 0.294 e. The molecule has 1 unspecified atom stereocenters. The van der Waals surface area contributed by atoms with Crippen molar-refractivity contribution in [3.8, 4) is 0 Å². The number of rotatable bonds is 2.